The lowest BCUT2D eigenvalue weighted by atomic mass is 10.1. The van der Waals surface area contributed by atoms with Gasteiger partial charge in [-0.3, -0.25) is 9.59 Å². The Bertz CT molecular complexity index is 379. The molecule has 1 amide bonds. The second-order valence-corrected chi connectivity index (χ2v) is 6.66. The number of nitrogens with one attached hydrogen (secondary N) is 1. The third-order valence-corrected chi connectivity index (χ3v) is 4.27. The zero-order valence-corrected chi connectivity index (χ0v) is 15.5. The van der Waals surface area contributed by atoms with Crippen LogP contribution in [0, 0.1) is 0 Å². The van der Waals surface area contributed by atoms with Crippen LogP contribution in [0.25, 0.3) is 0 Å². The van der Waals surface area contributed by atoms with Gasteiger partial charge in [0, 0.05) is 26.0 Å². The third-order valence-electron chi connectivity index (χ3n) is 4.27. The fraction of sp³-hybridized carbons (Fsp3) is 0.889. The van der Waals surface area contributed by atoms with E-state index < -0.39 is 24.3 Å². The Labute approximate surface area is 155 Å². The minimum atomic E-state index is -1.40. The fourth-order valence-corrected chi connectivity index (χ4v) is 2.61. The molecule has 0 aliphatic heterocycles. The highest BCUT2D eigenvalue weighted by Crippen LogP contribution is 2.10. The Hall–Kier alpha value is -1.22. The van der Waals surface area contributed by atoms with E-state index >= 15 is 0 Å². The first-order valence-corrected chi connectivity index (χ1v) is 9.52. The number of carboxylic acid groups (broad SMARTS) is 1. The minimum Gasteiger partial charge on any atom is -0.481 e. The number of rotatable bonds is 17. The SMILES string of the molecule is O=C(O)CCCCCCCCCCC(=O)NC[C@H](O)[C@@H](O)[C@H](O)CCO. The maximum Gasteiger partial charge on any atom is 0.303 e. The average molecular weight is 377 g/mol. The van der Waals surface area contributed by atoms with Gasteiger partial charge in [0.05, 0.1) is 12.2 Å². The lowest BCUT2D eigenvalue weighted by Crippen LogP contribution is -2.44. The first-order valence-electron chi connectivity index (χ1n) is 9.52. The van der Waals surface area contributed by atoms with E-state index in [4.69, 9.17) is 10.2 Å². The second-order valence-electron chi connectivity index (χ2n) is 6.66. The van der Waals surface area contributed by atoms with E-state index in [2.05, 4.69) is 5.32 Å². The van der Waals surface area contributed by atoms with Crippen molar-refractivity contribution in [3.05, 3.63) is 0 Å². The number of amides is 1. The van der Waals surface area contributed by atoms with Gasteiger partial charge in [0.1, 0.15) is 6.10 Å². The number of aliphatic hydroxyl groups is 4. The van der Waals surface area contributed by atoms with Gasteiger partial charge in [-0.15, -0.1) is 0 Å². The number of aliphatic carboxylic acids is 1. The molecule has 0 unspecified atom stereocenters. The van der Waals surface area contributed by atoms with Gasteiger partial charge in [-0.1, -0.05) is 38.5 Å². The number of carbonyl (C=O) groups is 2. The Morgan fingerprint density at radius 1 is 0.769 bits per heavy atom. The van der Waals surface area contributed by atoms with Gasteiger partial charge < -0.3 is 30.8 Å². The molecule has 0 aromatic rings. The van der Waals surface area contributed by atoms with Crippen LogP contribution in [0.3, 0.4) is 0 Å². The summed E-state index contributed by atoms with van der Waals surface area (Å²) in [4.78, 5) is 22.0. The molecule has 0 bridgehead atoms. The molecule has 0 aliphatic carbocycles. The van der Waals surface area contributed by atoms with Gasteiger partial charge >= 0.3 is 5.97 Å². The molecule has 8 nitrogen and oxygen atoms in total. The first kappa shape index (κ1) is 24.8. The highest BCUT2D eigenvalue weighted by Gasteiger charge is 2.24. The van der Waals surface area contributed by atoms with Crippen molar-refractivity contribution in [2.75, 3.05) is 13.2 Å². The quantitative estimate of drug-likeness (QED) is 0.203. The van der Waals surface area contributed by atoms with E-state index in [0.29, 0.717) is 6.42 Å². The molecule has 0 rings (SSSR count). The molecule has 0 fully saturated rings. The summed E-state index contributed by atoms with van der Waals surface area (Å²) in [5.41, 5.74) is 0. The number of unbranched alkanes of at least 4 members (excludes halogenated alkanes) is 7. The van der Waals surface area contributed by atoms with Crippen LogP contribution in [-0.4, -0.2) is 68.9 Å². The second kappa shape index (κ2) is 16.0. The standard InChI is InChI=1S/C18H35NO7/c20-12-11-14(21)18(26)15(22)13-19-16(23)9-7-5-3-1-2-4-6-8-10-17(24)25/h14-15,18,20-22,26H,1-13H2,(H,19,23)(H,24,25)/t14-,15+,18+/m1/s1. The molecule has 0 saturated heterocycles. The van der Waals surface area contributed by atoms with E-state index in [1.54, 1.807) is 0 Å². The summed E-state index contributed by atoms with van der Waals surface area (Å²) in [6, 6.07) is 0. The zero-order valence-electron chi connectivity index (χ0n) is 15.5. The van der Waals surface area contributed by atoms with Gasteiger partial charge in [0.25, 0.3) is 0 Å². The predicted molar refractivity (Wildman–Crippen MR) is 96.5 cm³/mol. The normalized spacial score (nSPS) is 14.6. The van der Waals surface area contributed by atoms with Gasteiger partial charge in [-0.2, -0.15) is 0 Å². The average Bonchev–Trinajstić information content (AvgIpc) is 2.60. The highest BCUT2D eigenvalue weighted by molar-refractivity contribution is 5.75. The van der Waals surface area contributed by atoms with Crippen LogP contribution in [0.5, 0.6) is 0 Å². The Kier molecular flexibility index (Phi) is 15.2. The van der Waals surface area contributed by atoms with E-state index in [0.717, 1.165) is 51.4 Å². The van der Waals surface area contributed by atoms with Gasteiger partial charge in [-0.05, 0) is 19.3 Å². The lowest BCUT2D eigenvalue weighted by molar-refractivity contribution is -0.137. The van der Waals surface area contributed by atoms with Crippen LogP contribution in [0.15, 0.2) is 0 Å². The van der Waals surface area contributed by atoms with E-state index in [9.17, 15) is 24.9 Å². The maximum absolute atomic E-state index is 11.7. The summed E-state index contributed by atoms with van der Waals surface area (Å²) < 4.78 is 0. The van der Waals surface area contributed by atoms with Crippen molar-refractivity contribution < 1.29 is 35.1 Å². The Morgan fingerprint density at radius 3 is 1.77 bits per heavy atom. The van der Waals surface area contributed by atoms with Crippen LogP contribution in [-0.2, 0) is 9.59 Å². The third kappa shape index (κ3) is 14.0. The maximum atomic E-state index is 11.7. The molecule has 0 heterocycles. The van der Waals surface area contributed by atoms with Crippen molar-refractivity contribution in [2.24, 2.45) is 0 Å². The molecule has 8 heteroatoms. The Balaban J connectivity index is 3.53. The predicted octanol–water partition coefficient (Wildman–Crippen LogP) is 0.553. The Morgan fingerprint density at radius 2 is 1.27 bits per heavy atom. The summed E-state index contributed by atoms with van der Waals surface area (Å²) in [5.74, 6) is -0.951. The molecule has 0 aliphatic rings. The van der Waals surface area contributed by atoms with Crippen LogP contribution in [0.2, 0.25) is 0 Å². The molecule has 6 N–H and O–H groups in total. The van der Waals surface area contributed by atoms with E-state index in [1.807, 2.05) is 0 Å². The molecule has 154 valence electrons. The van der Waals surface area contributed by atoms with E-state index in [1.165, 1.54) is 0 Å². The zero-order chi connectivity index (χ0) is 19.8. The highest BCUT2D eigenvalue weighted by atomic mass is 16.4. The largest absolute Gasteiger partial charge is 0.481 e. The summed E-state index contributed by atoms with van der Waals surface area (Å²) in [6.45, 7) is -0.432. The molecule has 0 aromatic carbocycles. The summed E-state index contributed by atoms with van der Waals surface area (Å²) in [5, 5.41) is 48.5. The molecule has 0 saturated carbocycles. The summed E-state index contributed by atoms with van der Waals surface area (Å²) >= 11 is 0. The van der Waals surface area contributed by atoms with Crippen molar-refractivity contribution in [1.29, 1.82) is 0 Å². The van der Waals surface area contributed by atoms with Crippen molar-refractivity contribution >= 4 is 11.9 Å². The van der Waals surface area contributed by atoms with Crippen molar-refractivity contribution in [3.8, 4) is 0 Å². The van der Waals surface area contributed by atoms with Gasteiger partial charge in [-0.25, -0.2) is 0 Å². The van der Waals surface area contributed by atoms with Crippen molar-refractivity contribution in [1.82, 2.24) is 5.32 Å². The van der Waals surface area contributed by atoms with E-state index in [-0.39, 0.29) is 31.9 Å². The van der Waals surface area contributed by atoms with Crippen LogP contribution in [0.4, 0.5) is 0 Å². The molecule has 0 spiro atoms. The first-order chi connectivity index (χ1) is 12.4. The smallest absolute Gasteiger partial charge is 0.303 e. The summed E-state index contributed by atoms with van der Waals surface area (Å²) in [7, 11) is 0. The lowest BCUT2D eigenvalue weighted by Gasteiger charge is -2.22. The van der Waals surface area contributed by atoms with Crippen molar-refractivity contribution in [2.45, 2.75) is 88.9 Å². The molecule has 0 aromatic heterocycles. The number of hydrogen-bond donors (Lipinski definition) is 6. The number of carboxylic acids is 1. The number of aliphatic hydroxyl groups excluding tert-OH is 4. The minimum absolute atomic E-state index is 0.0360. The van der Waals surface area contributed by atoms with Crippen LogP contribution < -0.4 is 5.32 Å². The van der Waals surface area contributed by atoms with Gasteiger partial charge in [0.2, 0.25) is 5.91 Å². The van der Waals surface area contributed by atoms with Crippen molar-refractivity contribution in [3.63, 3.8) is 0 Å². The monoisotopic (exact) mass is 377 g/mol. The fourth-order valence-electron chi connectivity index (χ4n) is 2.61. The number of hydrogen-bond acceptors (Lipinski definition) is 6. The van der Waals surface area contributed by atoms with Crippen LogP contribution >= 0.6 is 0 Å². The summed E-state index contributed by atoms with van der Waals surface area (Å²) in [6.07, 6.45) is 4.21. The molecular formula is C18H35NO7. The number of carbonyl (C=O) groups excluding carboxylic acids is 1. The molecular weight excluding hydrogens is 342 g/mol. The van der Waals surface area contributed by atoms with Gasteiger partial charge in [0.15, 0.2) is 0 Å². The topological polar surface area (TPSA) is 147 Å². The molecule has 0 radical (unpaired) electrons. The molecule has 26 heavy (non-hydrogen) atoms. The molecule has 3 atom stereocenters. The van der Waals surface area contributed by atoms with Crippen LogP contribution in [0.1, 0.15) is 70.6 Å².